The second-order valence-corrected chi connectivity index (χ2v) is 3.73. The molecule has 1 rings (SSSR count). The molecule has 0 aromatic carbocycles. The van der Waals surface area contributed by atoms with Gasteiger partial charge in [-0.05, 0) is 20.8 Å². The number of carbonyl (C=O) groups is 1. The molecule has 1 heterocycles. The molecule has 13 heavy (non-hydrogen) atoms. The van der Waals surface area contributed by atoms with Crippen molar-refractivity contribution in [3.63, 3.8) is 0 Å². The lowest BCUT2D eigenvalue weighted by Gasteiger charge is -2.29. The van der Waals surface area contributed by atoms with Crippen LogP contribution in [0.2, 0.25) is 0 Å². The van der Waals surface area contributed by atoms with E-state index in [0.717, 1.165) is 4.90 Å². The van der Waals surface area contributed by atoms with Crippen LogP contribution in [0, 0.1) is 0 Å². The van der Waals surface area contributed by atoms with E-state index in [1.165, 1.54) is 0 Å². The summed E-state index contributed by atoms with van der Waals surface area (Å²) in [4.78, 5) is 12.7. The van der Waals surface area contributed by atoms with Gasteiger partial charge in [0, 0.05) is 13.1 Å². The second-order valence-electron chi connectivity index (χ2n) is 3.73. The van der Waals surface area contributed by atoms with Crippen LogP contribution in [0.15, 0.2) is 0 Å². The van der Waals surface area contributed by atoms with E-state index in [0.29, 0.717) is 0 Å². The maximum Gasteiger partial charge on any atom is 0.410 e. The molecule has 0 N–H and O–H groups in total. The van der Waals surface area contributed by atoms with E-state index >= 15 is 0 Å². The van der Waals surface area contributed by atoms with Crippen LogP contribution in [-0.4, -0.2) is 42.8 Å². The largest absolute Gasteiger partial charge is 0.444 e. The standard InChI is InChI=1S/C9H17NO3/c1-9(2,3)13-8(11)10-4-6-12-7-5-10/h4-7H2,1-3H3/i6D2,7D2. The summed E-state index contributed by atoms with van der Waals surface area (Å²) >= 11 is 0. The zero-order valence-electron chi connectivity index (χ0n) is 12.1. The summed E-state index contributed by atoms with van der Waals surface area (Å²) in [6, 6.07) is 0. The molecule has 76 valence electrons. The molecule has 0 aromatic heterocycles. The van der Waals surface area contributed by atoms with Gasteiger partial charge in [-0.1, -0.05) is 0 Å². The number of ether oxygens (including phenoxy) is 2. The highest BCUT2D eigenvalue weighted by atomic mass is 16.6. The average molecular weight is 191 g/mol. The zero-order chi connectivity index (χ0) is 13.5. The van der Waals surface area contributed by atoms with E-state index in [1.54, 1.807) is 20.8 Å². The van der Waals surface area contributed by atoms with E-state index in [1.807, 2.05) is 0 Å². The molecule has 1 aliphatic heterocycles. The first-order valence-corrected chi connectivity index (χ1v) is 4.08. The molecule has 0 atom stereocenters. The van der Waals surface area contributed by atoms with Gasteiger partial charge in [0.1, 0.15) is 5.60 Å². The quantitative estimate of drug-likeness (QED) is 0.578. The summed E-state index contributed by atoms with van der Waals surface area (Å²) in [6.07, 6.45) is -0.742. The minimum Gasteiger partial charge on any atom is -0.444 e. The fraction of sp³-hybridized carbons (Fsp3) is 0.889. The minimum absolute atomic E-state index is 0.346. The Kier molecular flexibility index (Phi) is 1.78. The summed E-state index contributed by atoms with van der Waals surface area (Å²) in [7, 11) is 0. The number of hydrogen-bond donors (Lipinski definition) is 0. The first-order chi connectivity index (χ1) is 7.40. The van der Waals surface area contributed by atoms with Crippen molar-refractivity contribution in [1.29, 1.82) is 0 Å². The Morgan fingerprint density at radius 3 is 2.46 bits per heavy atom. The van der Waals surface area contributed by atoms with E-state index in [2.05, 4.69) is 4.74 Å². The molecule has 0 radical (unpaired) electrons. The van der Waals surface area contributed by atoms with Crippen LogP contribution >= 0.6 is 0 Å². The molecule has 0 aromatic rings. The van der Waals surface area contributed by atoms with Crippen molar-refractivity contribution in [2.24, 2.45) is 0 Å². The van der Waals surface area contributed by atoms with E-state index in [-0.39, 0.29) is 13.1 Å². The Bertz CT molecular complexity index is 298. The van der Waals surface area contributed by atoms with Crippen LogP contribution in [0.25, 0.3) is 0 Å². The van der Waals surface area contributed by atoms with Crippen molar-refractivity contribution in [2.75, 3.05) is 26.2 Å². The van der Waals surface area contributed by atoms with Gasteiger partial charge < -0.3 is 14.4 Å². The van der Waals surface area contributed by atoms with Crippen LogP contribution < -0.4 is 0 Å². The van der Waals surface area contributed by atoms with Crippen molar-refractivity contribution < 1.29 is 19.8 Å². The van der Waals surface area contributed by atoms with Gasteiger partial charge in [0.25, 0.3) is 0 Å². The molecule has 0 unspecified atom stereocenters. The maximum atomic E-state index is 11.7. The highest BCUT2D eigenvalue weighted by Gasteiger charge is 2.23. The zero-order valence-corrected chi connectivity index (χ0v) is 8.09. The van der Waals surface area contributed by atoms with Gasteiger partial charge in [-0.15, -0.1) is 0 Å². The lowest BCUT2D eigenvalue weighted by atomic mass is 10.2. The van der Waals surface area contributed by atoms with Gasteiger partial charge in [-0.3, -0.25) is 0 Å². The van der Waals surface area contributed by atoms with Gasteiger partial charge in [-0.2, -0.15) is 0 Å². The van der Waals surface area contributed by atoms with Crippen molar-refractivity contribution in [1.82, 2.24) is 4.90 Å². The Labute approximate surface area is 84.4 Å². The summed E-state index contributed by atoms with van der Waals surface area (Å²) in [5.74, 6) is 0. The van der Waals surface area contributed by atoms with Crippen LogP contribution in [0.1, 0.15) is 26.3 Å². The Balaban J connectivity index is 2.74. The summed E-state index contributed by atoms with van der Waals surface area (Å²) in [5.41, 5.74) is -0.700. The number of carbonyl (C=O) groups excluding carboxylic acids is 1. The molecule has 1 saturated heterocycles. The molecule has 1 aliphatic rings. The molecule has 0 spiro atoms. The first kappa shape index (κ1) is 5.86. The molecular formula is C9H17NO3. The van der Waals surface area contributed by atoms with Crippen LogP contribution in [0.3, 0.4) is 0 Å². The van der Waals surface area contributed by atoms with Gasteiger partial charge in [0.05, 0.1) is 18.6 Å². The second kappa shape index (κ2) is 3.96. The van der Waals surface area contributed by atoms with Crippen molar-refractivity contribution >= 4 is 6.09 Å². The monoisotopic (exact) mass is 191 g/mol. The number of morpholine rings is 1. The fourth-order valence-electron chi connectivity index (χ4n) is 0.783. The van der Waals surface area contributed by atoms with Crippen molar-refractivity contribution in [3.8, 4) is 0 Å². The summed E-state index contributed by atoms with van der Waals surface area (Å²) in [6.45, 7) is -0.0436. The van der Waals surface area contributed by atoms with Crippen LogP contribution in [0.5, 0.6) is 0 Å². The molecule has 0 saturated carbocycles. The minimum atomic E-state index is -2.21. The Hall–Kier alpha value is -0.770. The predicted molar refractivity (Wildman–Crippen MR) is 48.6 cm³/mol. The topological polar surface area (TPSA) is 38.8 Å². The molecule has 4 nitrogen and oxygen atoms in total. The lowest BCUT2D eigenvalue weighted by molar-refractivity contribution is -0.00676. The highest BCUT2D eigenvalue weighted by Crippen LogP contribution is 2.10. The number of hydrogen-bond acceptors (Lipinski definition) is 3. The summed E-state index contributed by atoms with van der Waals surface area (Å²) < 4.78 is 39.2. The van der Waals surface area contributed by atoms with Gasteiger partial charge in [0.2, 0.25) is 0 Å². The average Bonchev–Trinajstić information content (AvgIpc) is 1.93. The van der Waals surface area contributed by atoms with Crippen molar-refractivity contribution in [3.05, 3.63) is 0 Å². The van der Waals surface area contributed by atoms with E-state index in [9.17, 15) is 4.79 Å². The lowest BCUT2D eigenvalue weighted by Crippen LogP contribution is -2.43. The number of amides is 1. The third-order valence-electron chi connectivity index (χ3n) is 1.31. The third kappa shape index (κ3) is 3.63. The predicted octanol–water partition coefficient (Wildman–Crippen LogP) is 1.25. The van der Waals surface area contributed by atoms with Gasteiger partial charge in [0.15, 0.2) is 0 Å². The third-order valence-corrected chi connectivity index (χ3v) is 1.31. The SMILES string of the molecule is [2H]C1([2H])CN(C(=O)OC(C)(C)C)CC([2H])([2H])O1. The molecule has 1 fully saturated rings. The van der Waals surface area contributed by atoms with Gasteiger partial charge in [-0.25, -0.2) is 4.79 Å². The van der Waals surface area contributed by atoms with Crippen molar-refractivity contribution in [2.45, 2.75) is 26.4 Å². The Morgan fingerprint density at radius 2 is 2.00 bits per heavy atom. The normalized spacial score (nSPS) is 30.8. The molecule has 0 aliphatic carbocycles. The smallest absolute Gasteiger partial charge is 0.410 e. The molecular weight excluding hydrogens is 170 g/mol. The number of rotatable bonds is 0. The fourth-order valence-corrected chi connectivity index (χ4v) is 0.783. The molecule has 1 amide bonds. The number of nitrogens with zero attached hydrogens (tertiary/aromatic N) is 1. The maximum absolute atomic E-state index is 11.7. The highest BCUT2D eigenvalue weighted by molar-refractivity contribution is 5.68. The van der Waals surface area contributed by atoms with E-state index in [4.69, 9.17) is 10.2 Å². The molecule has 0 bridgehead atoms. The van der Waals surface area contributed by atoms with Crippen LogP contribution in [-0.2, 0) is 9.47 Å². The van der Waals surface area contributed by atoms with Crippen LogP contribution in [0.4, 0.5) is 4.79 Å². The summed E-state index contributed by atoms with van der Waals surface area (Å²) in [5, 5.41) is 0. The van der Waals surface area contributed by atoms with Gasteiger partial charge >= 0.3 is 6.09 Å². The molecule has 4 heteroatoms. The Morgan fingerprint density at radius 1 is 1.46 bits per heavy atom. The van der Waals surface area contributed by atoms with E-state index < -0.39 is 24.8 Å². The first-order valence-electron chi connectivity index (χ1n) is 6.08.